The summed E-state index contributed by atoms with van der Waals surface area (Å²) in [6, 6.07) is 0. The monoisotopic (exact) mass is 398 g/mol. The second-order valence-corrected chi connectivity index (χ2v) is 11.1. The third-order valence-corrected chi connectivity index (χ3v) is 9.57. The fourth-order valence-corrected chi connectivity index (χ4v) is 7.52. The molecule has 29 heavy (non-hydrogen) atoms. The molecule has 6 atom stereocenters. The predicted octanol–water partition coefficient (Wildman–Crippen LogP) is 6.20. The van der Waals surface area contributed by atoms with Crippen LogP contribution in [-0.2, 0) is 0 Å². The van der Waals surface area contributed by atoms with E-state index in [1.807, 2.05) is 0 Å². The van der Waals surface area contributed by atoms with Crippen molar-refractivity contribution < 1.29 is 10.2 Å². The number of hydrogen-bond acceptors (Lipinski definition) is 2. The van der Waals surface area contributed by atoms with E-state index in [-0.39, 0.29) is 11.5 Å². The van der Waals surface area contributed by atoms with Crippen LogP contribution in [0.1, 0.15) is 85.0 Å². The van der Waals surface area contributed by atoms with Gasteiger partial charge in [-0.25, -0.2) is 0 Å². The fourth-order valence-electron chi connectivity index (χ4n) is 7.52. The largest absolute Gasteiger partial charge is 0.396 e. The first kappa shape index (κ1) is 21.4. The highest BCUT2D eigenvalue weighted by molar-refractivity contribution is 5.34. The molecule has 2 nitrogen and oxygen atoms in total. The van der Waals surface area contributed by atoms with Crippen LogP contribution < -0.4 is 0 Å². The zero-order valence-corrected chi connectivity index (χ0v) is 18.9. The van der Waals surface area contributed by atoms with Gasteiger partial charge in [0, 0.05) is 12.0 Å². The number of aliphatic hydroxyl groups excluding tert-OH is 2. The molecule has 3 saturated carbocycles. The minimum Gasteiger partial charge on any atom is -0.396 e. The molecule has 0 saturated heterocycles. The Morgan fingerprint density at radius 2 is 2.03 bits per heavy atom. The molecule has 0 heterocycles. The Morgan fingerprint density at radius 3 is 2.76 bits per heavy atom. The maximum Gasteiger partial charge on any atom is 0.0543 e. The SMILES string of the molecule is C=C(CC/C=C1\CC[C@@H]2C3=CC[C@@H]4C[C@@H](O)CC[C@]4(CO)[C@H]3CC[C@]12C)C(C)C. The third-order valence-electron chi connectivity index (χ3n) is 9.57. The highest BCUT2D eigenvalue weighted by atomic mass is 16.3. The van der Waals surface area contributed by atoms with Gasteiger partial charge in [0.05, 0.1) is 6.10 Å². The van der Waals surface area contributed by atoms with Gasteiger partial charge in [-0.15, -0.1) is 0 Å². The Morgan fingerprint density at radius 1 is 1.24 bits per heavy atom. The van der Waals surface area contributed by atoms with E-state index in [1.165, 1.54) is 31.3 Å². The van der Waals surface area contributed by atoms with Crippen LogP contribution >= 0.6 is 0 Å². The van der Waals surface area contributed by atoms with Crippen molar-refractivity contribution in [2.24, 2.45) is 34.5 Å². The molecule has 2 heteroatoms. The van der Waals surface area contributed by atoms with Crippen molar-refractivity contribution in [3.05, 3.63) is 35.5 Å². The van der Waals surface area contributed by atoms with Crippen LogP contribution in [0.25, 0.3) is 0 Å². The smallest absolute Gasteiger partial charge is 0.0543 e. The first-order valence-electron chi connectivity index (χ1n) is 12.2. The van der Waals surface area contributed by atoms with E-state index in [2.05, 4.69) is 39.5 Å². The number of hydrogen-bond donors (Lipinski definition) is 2. The lowest BCUT2D eigenvalue weighted by Gasteiger charge is -2.57. The molecule has 2 N–H and O–H groups in total. The summed E-state index contributed by atoms with van der Waals surface area (Å²) in [5, 5.41) is 20.8. The maximum atomic E-state index is 10.5. The summed E-state index contributed by atoms with van der Waals surface area (Å²) in [6.45, 7) is 11.6. The molecular weight excluding hydrogens is 356 g/mol. The molecule has 0 aliphatic heterocycles. The molecule has 0 aromatic rings. The Balaban J connectivity index is 1.55. The van der Waals surface area contributed by atoms with Crippen LogP contribution in [-0.4, -0.2) is 22.9 Å². The van der Waals surface area contributed by atoms with Crippen molar-refractivity contribution in [2.45, 2.75) is 91.1 Å². The summed E-state index contributed by atoms with van der Waals surface area (Å²) in [5.74, 6) is 2.25. The summed E-state index contributed by atoms with van der Waals surface area (Å²) >= 11 is 0. The Labute approximate surface area is 178 Å². The van der Waals surface area contributed by atoms with E-state index in [0.717, 1.165) is 38.5 Å². The van der Waals surface area contributed by atoms with Gasteiger partial charge in [0.1, 0.15) is 0 Å². The highest BCUT2D eigenvalue weighted by Crippen LogP contribution is 2.65. The molecule has 4 aliphatic rings. The summed E-state index contributed by atoms with van der Waals surface area (Å²) in [4.78, 5) is 0. The average molecular weight is 399 g/mol. The van der Waals surface area contributed by atoms with Gasteiger partial charge in [0.2, 0.25) is 0 Å². The molecule has 0 aromatic heterocycles. The van der Waals surface area contributed by atoms with E-state index in [1.54, 1.807) is 11.1 Å². The molecule has 4 aliphatic carbocycles. The van der Waals surface area contributed by atoms with Crippen molar-refractivity contribution in [1.29, 1.82) is 0 Å². The van der Waals surface area contributed by atoms with E-state index in [9.17, 15) is 10.2 Å². The molecule has 0 bridgehead atoms. The maximum absolute atomic E-state index is 10.5. The predicted molar refractivity (Wildman–Crippen MR) is 120 cm³/mol. The first-order chi connectivity index (χ1) is 13.8. The number of aliphatic hydroxyl groups is 2. The van der Waals surface area contributed by atoms with Crippen molar-refractivity contribution in [3.8, 4) is 0 Å². The van der Waals surface area contributed by atoms with Gasteiger partial charge in [0.15, 0.2) is 0 Å². The van der Waals surface area contributed by atoms with Crippen LogP contribution in [0, 0.1) is 34.5 Å². The van der Waals surface area contributed by atoms with Crippen molar-refractivity contribution >= 4 is 0 Å². The molecule has 3 fully saturated rings. The van der Waals surface area contributed by atoms with Crippen molar-refractivity contribution in [2.75, 3.05) is 6.61 Å². The van der Waals surface area contributed by atoms with Gasteiger partial charge < -0.3 is 10.2 Å². The lowest BCUT2D eigenvalue weighted by molar-refractivity contribution is -0.0761. The summed E-state index contributed by atoms with van der Waals surface area (Å²) < 4.78 is 0. The van der Waals surface area contributed by atoms with Crippen LogP contribution in [0.5, 0.6) is 0 Å². The van der Waals surface area contributed by atoms with E-state index in [0.29, 0.717) is 35.7 Å². The zero-order chi connectivity index (χ0) is 20.8. The normalized spacial score (nSPS) is 43.0. The van der Waals surface area contributed by atoms with Gasteiger partial charge in [-0.3, -0.25) is 0 Å². The Hall–Kier alpha value is -0.860. The number of allylic oxidation sites excluding steroid dienone is 5. The number of fused-ring (bicyclic) bond motifs is 5. The summed E-state index contributed by atoms with van der Waals surface area (Å²) in [7, 11) is 0. The van der Waals surface area contributed by atoms with Gasteiger partial charge in [-0.1, -0.05) is 56.2 Å². The molecule has 0 aromatic carbocycles. The quantitative estimate of drug-likeness (QED) is 0.541. The van der Waals surface area contributed by atoms with Crippen LogP contribution in [0.15, 0.2) is 35.5 Å². The molecule has 4 rings (SSSR count). The van der Waals surface area contributed by atoms with Crippen molar-refractivity contribution in [3.63, 3.8) is 0 Å². The molecule has 0 radical (unpaired) electrons. The zero-order valence-electron chi connectivity index (χ0n) is 18.9. The van der Waals surface area contributed by atoms with E-state index in [4.69, 9.17) is 0 Å². The number of rotatable bonds is 5. The van der Waals surface area contributed by atoms with Crippen molar-refractivity contribution in [1.82, 2.24) is 0 Å². The highest BCUT2D eigenvalue weighted by Gasteiger charge is 2.57. The lowest BCUT2D eigenvalue weighted by atomic mass is 9.48. The molecule has 0 unspecified atom stereocenters. The van der Waals surface area contributed by atoms with E-state index >= 15 is 0 Å². The van der Waals surface area contributed by atoms with E-state index < -0.39 is 0 Å². The molecule has 0 amide bonds. The topological polar surface area (TPSA) is 40.5 Å². The Bertz CT molecular complexity index is 701. The van der Waals surface area contributed by atoms with Crippen LogP contribution in [0.2, 0.25) is 0 Å². The second-order valence-electron chi connectivity index (χ2n) is 11.1. The minimum absolute atomic E-state index is 0.0338. The van der Waals surface area contributed by atoms with Crippen LogP contribution in [0.3, 0.4) is 0 Å². The second kappa shape index (κ2) is 8.00. The van der Waals surface area contributed by atoms with Gasteiger partial charge in [-0.05, 0) is 93.3 Å². The Kier molecular flexibility index (Phi) is 5.90. The lowest BCUT2D eigenvalue weighted by Crippen LogP contribution is -2.52. The van der Waals surface area contributed by atoms with Gasteiger partial charge >= 0.3 is 0 Å². The standard InChI is InChI=1S/C27H42O2/c1-18(2)19(3)6-5-7-20-9-11-24-23-10-8-21-16-22(29)12-15-27(21,17-28)25(23)13-14-26(20,24)4/h7,10,18,21-22,24-25,28-29H,3,5-6,8-9,11-17H2,1-2,4H3/b20-7+/t21-,22+,24-,25+,26-,27-/m1/s1. The minimum atomic E-state index is -0.162. The summed E-state index contributed by atoms with van der Waals surface area (Å²) in [5.41, 5.74) is 5.09. The van der Waals surface area contributed by atoms with Crippen LogP contribution in [0.4, 0.5) is 0 Å². The molecule has 162 valence electrons. The average Bonchev–Trinajstić information content (AvgIpc) is 3.04. The van der Waals surface area contributed by atoms with Gasteiger partial charge in [0.25, 0.3) is 0 Å². The first-order valence-corrected chi connectivity index (χ1v) is 12.2. The molecule has 0 spiro atoms. The molecular formula is C27H42O2. The summed E-state index contributed by atoms with van der Waals surface area (Å²) in [6.07, 6.45) is 16.0. The fraction of sp³-hybridized carbons (Fsp3) is 0.778. The third kappa shape index (κ3) is 3.49. The van der Waals surface area contributed by atoms with Gasteiger partial charge in [-0.2, -0.15) is 0 Å².